The lowest BCUT2D eigenvalue weighted by Crippen LogP contribution is -2.16. The van der Waals surface area contributed by atoms with Gasteiger partial charge >= 0.3 is 0 Å². The Hall–Kier alpha value is -1.05. The lowest BCUT2D eigenvalue weighted by atomic mass is 10.00. The molecule has 1 atom stereocenters. The predicted molar refractivity (Wildman–Crippen MR) is 80.8 cm³/mol. The lowest BCUT2D eigenvalue weighted by Gasteiger charge is -2.19. The summed E-state index contributed by atoms with van der Waals surface area (Å²) in [5.41, 5.74) is 0. The number of rotatable bonds is 4. The van der Waals surface area contributed by atoms with Crippen molar-refractivity contribution in [2.75, 3.05) is 26.3 Å². The van der Waals surface area contributed by atoms with Crippen LogP contribution in [-0.4, -0.2) is 46.1 Å². The highest BCUT2D eigenvalue weighted by molar-refractivity contribution is 7.16. The normalized spacial score (nSPS) is 24.1. The van der Waals surface area contributed by atoms with Crippen molar-refractivity contribution in [3.05, 3.63) is 10.8 Å². The van der Waals surface area contributed by atoms with Gasteiger partial charge < -0.3 is 10.1 Å². The first-order valence-corrected chi connectivity index (χ1v) is 8.71. The van der Waals surface area contributed by atoms with E-state index in [1.807, 2.05) is 4.52 Å². The van der Waals surface area contributed by atoms with E-state index in [-0.39, 0.29) is 0 Å². The van der Waals surface area contributed by atoms with Crippen LogP contribution in [0.15, 0.2) is 0 Å². The Bertz CT molecular complexity index is 598. The standard InChI is InChI=1S/C14H21N5OS/c1(10-3-6-15-9-10)2-12-18-19-13(16-17-14(19)21-12)11-4-7-20-8-5-11/h10-11,15H,1-9H2. The van der Waals surface area contributed by atoms with Gasteiger partial charge in [0.1, 0.15) is 5.01 Å². The molecule has 2 aliphatic rings. The SMILES string of the molecule is C1CC(CCc2nn3c(C4CCOCC4)nnc3s2)CN1. The van der Waals surface area contributed by atoms with Crippen LogP contribution in [0.5, 0.6) is 0 Å². The third kappa shape index (κ3) is 2.82. The molecule has 0 bridgehead atoms. The summed E-state index contributed by atoms with van der Waals surface area (Å²) in [6.45, 7) is 3.98. The van der Waals surface area contributed by atoms with Crippen molar-refractivity contribution in [1.82, 2.24) is 25.1 Å². The van der Waals surface area contributed by atoms with E-state index in [9.17, 15) is 0 Å². The molecule has 21 heavy (non-hydrogen) atoms. The molecular formula is C14H21N5OS. The van der Waals surface area contributed by atoms with Gasteiger partial charge in [-0.25, -0.2) is 0 Å². The molecule has 6 nitrogen and oxygen atoms in total. The third-order valence-electron chi connectivity index (χ3n) is 4.57. The summed E-state index contributed by atoms with van der Waals surface area (Å²) in [5, 5.41) is 18.0. The van der Waals surface area contributed by atoms with E-state index >= 15 is 0 Å². The van der Waals surface area contributed by atoms with Crippen molar-refractivity contribution in [1.29, 1.82) is 0 Å². The first-order valence-electron chi connectivity index (χ1n) is 7.89. The first kappa shape index (κ1) is 13.6. The van der Waals surface area contributed by atoms with Crippen LogP contribution in [0, 0.1) is 5.92 Å². The van der Waals surface area contributed by atoms with Crippen LogP contribution in [0.4, 0.5) is 0 Å². The Morgan fingerprint density at radius 2 is 2.14 bits per heavy atom. The second-order valence-electron chi connectivity index (χ2n) is 6.03. The van der Waals surface area contributed by atoms with Gasteiger partial charge in [0.25, 0.3) is 0 Å². The van der Waals surface area contributed by atoms with Gasteiger partial charge in [-0.3, -0.25) is 0 Å². The van der Waals surface area contributed by atoms with Crippen molar-refractivity contribution >= 4 is 16.3 Å². The molecule has 2 fully saturated rings. The number of aromatic nitrogens is 4. The van der Waals surface area contributed by atoms with Gasteiger partial charge in [-0.15, -0.1) is 10.2 Å². The highest BCUT2D eigenvalue weighted by atomic mass is 32.1. The van der Waals surface area contributed by atoms with Crippen LogP contribution in [0.3, 0.4) is 0 Å². The fourth-order valence-electron chi connectivity index (χ4n) is 3.27. The number of fused-ring (bicyclic) bond motifs is 1. The van der Waals surface area contributed by atoms with Crippen LogP contribution >= 0.6 is 11.3 Å². The van der Waals surface area contributed by atoms with Gasteiger partial charge in [-0.05, 0) is 44.7 Å². The number of hydrogen-bond acceptors (Lipinski definition) is 6. The number of nitrogens with one attached hydrogen (secondary N) is 1. The fraction of sp³-hybridized carbons (Fsp3) is 0.786. The average molecular weight is 307 g/mol. The van der Waals surface area contributed by atoms with Crippen LogP contribution in [0.25, 0.3) is 4.96 Å². The predicted octanol–water partition coefficient (Wildman–Crippen LogP) is 1.62. The lowest BCUT2D eigenvalue weighted by molar-refractivity contribution is 0.0831. The highest BCUT2D eigenvalue weighted by Crippen LogP contribution is 2.27. The summed E-state index contributed by atoms with van der Waals surface area (Å²) in [6, 6.07) is 0. The molecule has 0 aliphatic carbocycles. The van der Waals surface area contributed by atoms with Gasteiger partial charge in [0.15, 0.2) is 5.82 Å². The summed E-state index contributed by atoms with van der Waals surface area (Å²) < 4.78 is 7.40. The van der Waals surface area contributed by atoms with Gasteiger partial charge in [0.2, 0.25) is 4.96 Å². The van der Waals surface area contributed by atoms with Crippen LogP contribution in [0.1, 0.15) is 42.4 Å². The highest BCUT2D eigenvalue weighted by Gasteiger charge is 2.23. The second-order valence-corrected chi connectivity index (χ2v) is 7.07. The molecule has 0 amide bonds. The van der Waals surface area contributed by atoms with Crippen molar-refractivity contribution in [2.45, 2.75) is 38.0 Å². The topological polar surface area (TPSA) is 64.3 Å². The van der Waals surface area contributed by atoms with Crippen LogP contribution < -0.4 is 5.32 Å². The smallest absolute Gasteiger partial charge is 0.234 e. The number of nitrogens with zero attached hydrogens (tertiary/aromatic N) is 4. The molecular weight excluding hydrogens is 286 g/mol. The van der Waals surface area contributed by atoms with E-state index in [1.165, 1.54) is 24.4 Å². The molecule has 4 rings (SSSR count). The summed E-state index contributed by atoms with van der Waals surface area (Å²) >= 11 is 1.69. The van der Waals surface area contributed by atoms with E-state index in [1.54, 1.807) is 11.3 Å². The van der Waals surface area contributed by atoms with Crippen molar-refractivity contribution in [2.24, 2.45) is 5.92 Å². The molecule has 1 N–H and O–H groups in total. The molecule has 1 unspecified atom stereocenters. The Kier molecular flexibility index (Phi) is 3.87. The summed E-state index contributed by atoms with van der Waals surface area (Å²) in [4.78, 5) is 0.941. The minimum absolute atomic E-state index is 0.447. The van der Waals surface area contributed by atoms with Gasteiger partial charge in [0.05, 0.1) is 0 Å². The molecule has 2 aromatic heterocycles. The fourth-order valence-corrected chi connectivity index (χ4v) is 4.13. The van der Waals surface area contributed by atoms with E-state index in [0.29, 0.717) is 5.92 Å². The van der Waals surface area contributed by atoms with Gasteiger partial charge in [-0.1, -0.05) is 11.3 Å². The average Bonchev–Trinajstić information content (AvgIpc) is 3.22. The minimum atomic E-state index is 0.447. The Morgan fingerprint density at radius 1 is 1.24 bits per heavy atom. The molecule has 2 aromatic rings. The Morgan fingerprint density at radius 3 is 2.95 bits per heavy atom. The zero-order chi connectivity index (χ0) is 14.1. The maximum Gasteiger partial charge on any atom is 0.234 e. The quantitative estimate of drug-likeness (QED) is 0.930. The van der Waals surface area contributed by atoms with Crippen LogP contribution in [0.2, 0.25) is 0 Å². The van der Waals surface area contributed by atoms with Crippen molar-refractivity contribution in [3.63, 3.8) is 0 Å². The molecule has 0 radical (unpaired) electrons. The molecule has 0 saturated carbocycles. The van der Waals surface area contributed by atoms with Crippen LogP contribution in [-0.2, 0) is 11.2 Å². The van der Waals surface area contributed by atoms with Gasteiger partial charge in [0, 0.05) is 25.6 Å². The first-order chi connectivity index (χ1) is 10.4. The molecule has 0 spiro atoms. The second kappa shape index (κ2) is 5.98. The van der Waals surface area contributed by atoms with E-state index in [2.05, 4.69) is 15.5 Å². The van der Waals surface area contributed by atoms with E-state index in [4.69, 9.17) is 9.84 Å². The summed E-state index contributed by atoms with van der Waals surface area (Å²) in [5.74, 6) is 2.29. The molecule has 7 heteroatoms. The Labute approximate surface area is 127 Å². The molecule has 4 heterocycles. The molecule has 114 valence electrons. The molecule has 2 aliphatic heterocycles. The Balaban J connectivity index is 1.48. The number of hydrogen-bond donors (Lipinski definition) is 1. The van der Waals surface area contributed by atoms with Crippen molar-refractivity contribution in [3.8, 4) is 0 Å². The van der Waals surface area contributed by atoms with E-state index < -0.39 is 0 Å². The van der Waals surface area contributed by atoms with E-state index in [0.717, 1.165) is 55.7 Å². The summed E-state index contributed by atoms with van der Waals surface area (Å²) in [7, 11) is 0. The van der Waals surface area contributed by atoms with Gasteiger partial charge in [-0.2, -0.15) is 9.61 Å². The maximum absolute atomic E-state index is 5.43. The molecule has 0 aromatic carbocycles. The number of ether oxygens (including phenoxy) is 1. The maximum atomic E-state index is 5.43. The minimum Gasteiger partial charge on any atom is -0.381 e. The monoisotopic (exact) mass is 307 g/mol. The third-order valence-corrected chi connectivity index (χ3v) is 5.53. The zero-order valence-corrected chi connectivity index (χ0v) is 12.9. The summed E-state index contributed by atoms with van der Waals surface area (Å²) in [6.07, 6.45) is 5.65. The zero-order valence-electron chi connectivity index (χ0n) is 12.1. The largest absolute Gasteiger partial charge is 0.381 e. The number of aryl methyl sites for hydroxylation is 1. The molecule has 2 saturated heterocycles. The van der Waals surface area contributed by atoms with Crippen molar-refractivity contribution < 1.29 is 4.74 Å².